The van der Waals surface area contributed by atoms with Crippen molar-refractivity contribution in [2.24, 2.45) is 11.8 Å². The summed E-state index contributed by atoms with van der Waals surface area (Å²) >= 11 is 0. The molecule has 1 N–H and O–H groups in total. The van der Waals surface area contributed by atoms with Gasteiger partial charge in [0, 0.05) is 0 Å². The smallest absolute Gasteiger partial charge is 0.00142 e. The Kier molecular flexibility index (Phi) is 7.58. The molecule has 0 unspecified atom stereocenters. The van der Waals surface area contributed by atoms with E-state index < -0.39 is 0 Å². The third-order valence-electron chi connectivity index (χ3n) is 3.40. The van der Waals surface area contributed by atoms with Gasteiger partial charge in [0.25, 0.3) is 0 Å². The molecule has 0 amide bonds. The molecule has 0 bridgehead atoms. The number of rotatable bonds is 7. The Balaban J connectivity index is 1.91. The fraction of sp³-hybridized carbons (Fsp3) is 0.867. The fourth-order valence-electron chi connectivity index (χ4n) is 2.41. The molecule has 1 heteroatoms. The van der Waals surface area contributed by atoms with Gasteiger partial charge in [-0.15, -0.1) is 0 Å². The van der Waals surface area contributed by atoms with Gasteiger partial charge in [-0.1, -0.05) is 58.1 Å². The molecular formula is C15H29N. The lowest BCUT2D eigenvalue weighted by atomic mass is 9.87. The zero-order chi connectivity index (χ0) is 11.6. The Hall–Kier alpha value is -0.300. The van der Waals surface area contributed by atoms with Crippen molar-refractivity contribution in [3.63, 3.8) is 0 Å². The van der Waals surface area contributed by atoms with Crippen LogP contribution in [-0.2, 0) is 0 Å². The largest absolute Gasteiger partial charge is 0.316 e. The average molecular weight is 223 g/mol. The van der Waals surface area contributed by atoms with E-state index in [1.54, 1.807) is 0 Å². The molecule has 1 rings (SSSR count). The van der Waals surface area contributed by atoms with Gasteiger partial charge in [-0.05, 0) is 37.8 Å². The van der Waals surface area contributed by atoms with Crippen molar-refractivity contribution < 1.29 is 0 Å². The highest BCUT2D eigenvalue weighted by molar-refractivity contribution is 4.85. The number of hydrogen-bond acceptors (Lipinski definition) is 1. The van der Waals surface area contributed by atoms with E-state index in [0.29, 0.717) is 0 Å². The molecule has 0 radical (unpaired) electrons. The van der Waals surface area contributed by atoms with Crippen molar-refractivity contribution in [1.82, 2.24) is 5.32 Å². The molecule has 0 aromatic heterocycles. The summed E-state index contributed by atoms with van der Waals surface area (Å²) in [7, 11) is 0. The van der Waals surface area contributed by atoms with Crippen LogP contribution in [0.5, 0.6) is 0 Å². The second kappa shape index (κ2) is 8.81. The quantitative estimate of drug-likeness (QED) is 0.505. The van der Waals surface area contributed by atoms with Gasteiger partial charge < -0.3 is 5.32 Å². The first-order valence-corrected chi connectivity index (χ1v) is 7.14. The van der Waals surface area contributed by atoms with Gasteiger partial charge in [0.2, 0.25) is 0 Å². The van der Waals surface area contributed by atoms with Crippen LogP contribution in [0, 0.1) is 11.8 Å². The van der Waals surface area contributed by atoms with Gasteiger partial charge in [-0.2, -0.15) is 0 Å². The molecule has 1 fully saturated rings. The van der Waals surface area contributed by atoms with Crippen LogP contribution in [0.1, 0.15) is 58.8 Å². The molecule has 0 aromatic rings. The van der Waals surface area contributed by atoms with Crippen molar-refractivity contribution in [2.75, 3.05) is 13.1 Å². The summed E-state index contributed by atoms with van der Waals surface area (Å²) < 4.78 is 0. The molecule has 1 aliphatic rings. The minimum atomic E-state index is 0.770. The SMILES string of the molecule is CC(C)CNCCC=CCC1CCCCC1. The molecule has 94 valence electrons. The highest BCUT2D eigenvalue weighted by atomic mass is 14.8. The molecular weight excluding hydrogens is 194 g/mol. The summed E-state index contributed by atoms with van der Waals surface area (Å²) in [4.78, 5) is 0. The van der Waals surface area contributed by atoms with Crippen LogP contribution in [0.4, 0.5) is 0 Å². The molecule has 0 aliphatic heterocycles. The van der Waals surface area contributed by atoms with Gasteiger partial charge in [0.1, 0.15) is 0 Å². The third kappa shape index (κ3) is 7.05. The summed E-state index contributed by atoms with van der Waals surface area (Å²) in [5.41, 5.74) is 0. The lowest BCUT2D eigenvalue weighted by Crippen LogP contribution is -2.20. The molecule has 1 saturated carbocycles. The molecule has 0 spiro atoms. The van der Waals surface area contributed by atoms with Gasteiger partial charge >= 0.3 is 0 Å². The fourth-order valence-corrected chi connectivity index (χ4v) is 2.41. The Morgan fingerprint density at radius 2 is 1.88 bits per heavy atom. The van der Waals surface area contributed by atoms with E-state index in [2.05, 4.69) is 31.3 Å². The zero-order valence-electron chi connectivity index (χ0n) is 11.2. The van der Waals surface area contributed by atoms with Gasteiger partial charge in [-0.25, -0.2) is 0 Å². The normalized spacial score (nSPS) is 18.7. The second-order valence-corrected chi connectivity index (χ2v) is 5.60. The van der Waals surface area contributed by atoms with E-state index in [0.717, 1.165) is 24.9 Å². The summed E-state index contributed by atoms with van der Waals surface area (Å²) in [6.07, 6.45) is 14.6. The van der Waals surface area contributed by atoms with E-state index in [1.807, 2.05) is 0 Å². The van der Waals surface area contributed by atoms with E-state index in [-0.39, 0.29) is 0 Å². The molecule has 0 aromatic carbocycles. The minimum absolute atomic E-state index is 0.770. The van der Waals surface area contributed by atoms with Crippen molar-refractivity contribution in [3.8, 4) is 0 Å². The van der Waals surface area contributed by atoms with E-state index in [1.165, 1.54) is 44.9 Å². The molecule has 0 atom stereocenters. The standard InChI is InChI=1S/C15H29N/c1-14(2)13-16-12-8-4-7-11-15-9-5-3-6-10-15/h4,7,14-16H,3,5-6,8-13H2,1-2H3. The van der Waals surface area contributed by atoms with Crippen LogP contribution in [-0.4, -0.2) is 13.1 Å². The lowest BCUT2D eigenvalue weighted by molar-refractivity contribution is 0.361. The Labute approximate surface area is 102 Å². The van der Waals surface area contributed by atoms with Crippen LogP contribution >= 0.6 is 0 Å². The highest BCUT2D eigenvalue weighted by Crippen LogP contribution is 2.26. The predicted octanol–water partition coefficient (Wildman–Crippen LogP) is 4.15. The van der Waals surface area contributed by atoms with Crippen molar-refractivity contribution >= 4 is 0 Å². The van der Waals surface area contributed by atoms with Crippen LogP contribution in [0.3, 0.4) is 0 Å². The van der Waals surface area contributed by atoms with Crippen LogP contribution in [0.15, 0.2) is 12.2 Å². The van der Waals surface area contributed by atoms with Crippen molar-refractivity contribution in [2.45, 2.75) is 58.8 Å². The van der Waals surface area contributed by atoms with Crippen LogP contribution < -0.4 is 5.32 Å². The third-order valence-corrected chi connectivity index (χ3v) is 3.40. The number of nitrogens with one attached hydrogen (secondary N) is 1. The second-order valence-electron chi connectivity index (χ2n) is 5.60. The Bertz CT molecular complexity index is 178. The number of allylic oxidation sites excluding steroid dienone is 1. The number of hydrogen-bond donors (Lipinski definition) is 1. The van der Waals surface area contributed by atoms with Crippen molar-refractivity contribution in [3.05, 3.63) is 12.2 Å². The van der Waals surface area contributed by atoms with Gasteiger partial charge in [0.15, 0.2) is 0 Å². The Morgan fingerprint density at radius 1 is 1.12 bits per heavy atom. The van der Waals surface area contributed by atoms with Gasteiger partial charge in [-0.3, -0.25) is 0 Å². The lowest BCUT2D eigenvalue weighted by Gasteiger charge is -2.19. The summed E-state index contributed by atoms with van der Waals surface area (Å²) in [6.45, 7) is 6.80. The molecule has 0 heterocycles. The van der Waals surface area contributed by atoms with Crippen LogP contribution in [0.25, 0.3) is 0 Å². The monoisotopic (exact) mass is 223 g/mol. The first-order chi connectivity index (χ1) is 7.79. The minimum Gasteiger partial charge on any atom is -0.316 e. The predicted molar refractivity (Wildman–Crippen MR) is 72.7 cm³/mol. The van der Waals surface area contributed by atoms with Crippen LogP contribution in [0.2, 0.25) is 0 Å². The van der Waals surface area contributed by atoms with E-state index in [4.69, 9.17) is 0 Å². The first-order valence-electron chi connectivity index (χ1n) is 7.14. The maximum atomic E-state index is 3.47. The van der Waals surface area contributed by atoms with Crippen molar-refractivity contribution in [1.29, 1.82) is 0 Å². The molecule has 1 nitrogen and oxygen atoms in total. The first kappa shape index (κ1) is 13.8. The maximum absolute atomic E-state index is 3.47. The Morgan fingerprint density at radius 3 is 2.56 bits per heavy atom. The summed E-state index contributed by atoms with van der Waals surface area (Å²) in [6, 6.07) is 0. The molecule has 0 saturated heterocycles. The zero-order valence-corrected chi connectivity index (χ0v) is 11.2. The molecule has 1 aliphatic carbocycles. The average Bonchev–Trinajstić information content (AvgIpc) is 2.29. The van der Waals surface area contributed by atoms with E-state index in [9.17, 15) is 0 Å². The van der Waals surface area contributed by atoms with E-state index >= 15 is 0 Å². The maximum Gasteiger partial charge on any atom is -0.00142 e. The highest BCUT2D eigenvalue weighted by Gasteiger charge is 2.10. The van der Waals surface area contributed by atoms with Gasteiger partial charge in [0.05, 0.1) is 0 Å². The summed E-state index contributed by atoms with van der Waals surface area (Å²) in [5, 5.41) is 3.47. The topological polar surface area (TPSA) is 12.0 Å². The summed E-state index contributed by atoms with van der Waals surface area (Å²) in [5.74, 6) is 1.76. The molecule has 16 heavy (non-hydrogen) atoms.